The van der Waals surface area contributed by atoms with Gasteiger partial charge in [-0.15, -0.1) is 11.6 Å². The van der Waals surface area contributed by atoms with Crippen molar-refractivity contribution in [2.45, 2.75) is 70.6 Å². The molecule has 0 spiro atoms. The molecular formula is C17H28ClNO. The number of carbonyl (C=O) groups excluding carboxylic acids is 1. The molecule has 0 aromatic heterocycles. The number of halogens is 1. The Bertz CT molecular complexity index is 378. The lowest BCUT2D eigenvalue weighted by molar-refractivity contribution is -0.155. The fourth-order valence-electron chi connectivity index (χ4n) is 5.76. The smallest absolute Gasteiger partial charge is 0.226 e. The van der Waals surface area contributed by atoms with Gasteiger partial charge in [0.05, 0.1) is 5.41 Å². The molecule has 2 nitrogen and oxygen atoms in total. The van der Waals surface area contributed by atoms with Crippen molar-refractivity contribution >= 4 is 17.5 Å². The van der Waals surface area contributed by atoms with Crippen molar-refractivity contribution in [3.8, 4) is 0 Å². The minimum absolute atomic E-state index is 0.0224. The Balaban J connectivity index is 1.60. The second-order valence-corrected chi connectivity index (χ2v) is 8.98. The molecule has 3 atom stereocenters. The zero-order chi connectivity index (χ0) is 14.4. The molecule has 0 aromatic rings. The monoisotopic (exact) mass is 297 g/mol. The fourth-order valence-corrected chi connectivity index (χ4v) is 5.91. The highest BCUT2D eigenvalue weighted by Crippen LogP contribution is 2.65. The number of hydrogen-bond acceptors (Lipinski definition) is 1. The fraction of sp³-hybridized carbons (Fsp3) is 0.941. The van der Waals surface area contributed by atoms with Crippen LogP contribution < -0.4 is 5.32 Å². The predicted octanol–water partition coefficient (Wildman–Crippen LogP) is 4.12. The van der Waals surface area contributed by atoms with Crippen LogP contribution in [0.3, 0.4) is 0 Å². The third kappa shape index (κ3) is 2.73. The van der Waals surface area contributed by atoms with Gasteiger partial charge in [-0.1, -0.05) is 6.92 Å². The number of carbonyl (C=O) groups is 1. The molecule has 3 unspecified atom stereocenters. The summed E-state index contributed by atoms with van der Waals surface area (Å²) in [5.41, 5.74) is 0.428. The molecule has 0 radical (unpaired) electrons. The van der Waals surface area contributed by atoms with Crippen molar-refractivity contribution in [1.29, 1.82) is 0 Å². The Morgan fingerprint density at radius 2 is 1.95 bits per heavy atom. The molecule has 4 saturated carbocycles. The van der Waals surface area contributed by atoms with Crippen LogP contribution in [0.5, 0.6) is 0 Å². The molecule has 0 saturated heterocycles. The molecule has 4 rings (SSSR count). The first-order valence-electron chi connectivity index (χ1n) is 8.33. The number of rotatable bonds is 5. The molecule has 4 aliphatic carbocycles. The van der Waals surface area contributed by atoms with Gasteiger partial charge in [-0.3, -0.25) is 4.79 Å². The standard InChI is InChI=1S/C17H28ClNO/c1-12(18)4-3-5-19-15(20)17-9-13-6-14(10-17)8-16(2,7-13)11-17/h12-14H,3-11H2,1-2H3,(H,19,20). The maximum absolute atomic E-state index is 12.7. The van der Waals surface area contributed by atoms with Crippen molar-refractivity contribution in [3.63, 3.8) is 0 Å². The topological polar surface area (TPSA) is 29.1 Å². The van der Waals surface area contributed by atoms with Crippen LogP contribution >= 0.6 is 11.6 Å². The van der Waals surface area contributed by atoms with Crippen molar-refractivity contribution in [1.82, 2.24) is 5.32 Å². The number of hydrogen-bond donors (Lipinski definition) is 1. The van der Waals surface area contributed by atoms with Gasteiger partial charge in [0, 0.05) is 11.9 Å². The van der Waals surface area contributed by atoms with Gasteiger partial charge < -0.3 is 5.32 Å². The predicted molar refractivity (Wildman–Crippen MR) is 82.8 cm³/mol. The normalized spacial score (nSPS) is 43.5. The Morgan fingerprint density at radius 1 is 1.30 bits per heavy atom. The van der Waals surface area contributed by atoms with Gasteiger partial charge >= 0.3 is 0 Å². The van der Waals surface area contributed by atoms with E-state index in [1.165, 1.54) is 19.3 Å². The first-order chi connectivity index (χ1) is 9.41. The van der Waals surface area contributed by atoms with Crippen molar-refractivity contribution in [2.75, 3.05) is 6.54 Å². The van der Waals surface area contributed by atoms with Crippen LogP contribution in [0, 0.1) is 22.7 Å². The molecule has 0 aliphatic heterocycles. The third-order valence-electron chi connectivity index (χ3n) is 5.90. The van der Waals surface area contributed by atoms with E-state index in [0.29, 0.717) is 11.3 Å². The minimum atomic E-state index is -0.0224. The van der Waals surface area contributed by atoms with E-state index in [4.69, 9.17) is 11.6 Å². The van der Waals surface area contributed by atoms with Crippen molar-refractivity contribution in [3.05, 3.63) is 0 Å². The molecule has 3 heteroatoms. The molecule has 1 N–H and O–H groups in total. The molecule has 114 valence electrons. The summed E-state index contributed by atoms with van der Waals surface area (Å²) in [6.07, 6.45) is 9.52. The van der Waals surface area contributed by atoms with Gasteiger partial charge in [-0.2, -0.15) is 0 Å². The second-order valence-electron chi connectivity index (χ2n) is 8.23. The van der Waals surface area contributed by atoms with E-state index in [-0.39, 0.29) is 10.8 Å². The summed E-state index contributed by atoms with van der Waals surface area (Å²) in [6.45, 7) is 5.23. The molecule has 0 heterocycles. The molecular weight excluding hydrogens is 270 g/mol. The van der Waals surface area contributed by atoms with Gasteiger partial charge in [-0.05, 0) is 75.5 Å². The van der Waals surface area contributed by atoms with E-state index in [0.717, 1.165) is 50.5 Å². The molecule has 4 bridgehead atoms. The first kappa shape index (κ1) is 14.7. The quantitative estimate of drug-likeness (QED) is 0.600. The van der Waals surface area contributed by atoms with E-state index in [1.54, 1.807) is 0 Å². The molecule has 1 amide bonds. The molecule has 0 aromatic carbocycles. The molecule has 4 aliphatic rings. The highest BCUT2D eigenvalue weighted by Gasteiger charge is 2.58. The summed E-state index contributed by atoms with van der Waals surface area (Å²) in [5, 5.41) is 3.43. The largest absolute Gasteiger partial charge is 0.356 e. The van der Waals surface area contributed by atoms with Gasteiger partial charge in [0.15, 0.2) is 0 Å². The summed E-state index contributed by atoms with van der Waals surface area (Å²) in [6, 6.07) is 0. The van der Waals surface area contributed by atoms with E-state index in [9.17, 15) is 4.79 Å². The van der Waals surface area contributed by atoms with Crippen LogP contribution in [0.25, 0.3) is 0 Å². The van der Waals surface area contributed by atoms with Gasteiger partial charge in [0.25, 0.3) is 0 Å². The zero-order valence-corrected chi connectivity index (χ0v) is 13.6. The Hall–Kier alpha value is -0.240. The number of nitrogens with one attached hydrogen (secondary N) is 1. The Kier molecular flexibility index (Phi) is 3.81. The average Bonchev–Trinajstić information content (AvgIpc) is 2.31. The maximum Gasteiger partial charge on any atom is 0.226 e. The Morgan fingerprint density at radius 3 is 2.50 bits per heavy atom. The van der Waals surface area contributed by atoms with Gasteiger partial charge in [0.2, 0.25) is 5.91 Å². The van der Waals surface area contributed by atoms with Crippen LogP contribution in [0.4, 0.5) is 0 Å². The number of alkyl halides is 1. The van der Waals surface area contributed by atoms with E-state index in [2.05, 4.69) is 12.2 Å². The SMILES string of the molecule is CC(Cl)CCCNC(=O)C12CC3CC(CC(C)(C3)C1)C2. The van der Waals surface area contributed by atoms with E-state index in [1.807, 2.05) is 6.92 Å². The van der Waals surface area contributed by atoms with Crippen LogP contribution in [-0.2, 0) is 4.79 Å². The van der Waals surface area contributed by atoms with Crippen molar-refractivity contribution < 1.29 is 4.79 Å². The summed E-state index contributed by atoms with van der Waals surface area (Å²) >= 11 is 5.96. The highest BCUT2D eigenvalue weighted by molar-refractivity contribution is 6.20. The average molecular weight is 298 g/mol. The lowest BCUT2D eigenvalue weighted by Gasteiger charge is -2.60. The lowest BCUT2D eigenvalue weighted by Crippen LogP contribution is -2.56. The zero-order valence-electron chi connectivity index (χ0n) is 12.9. The lowest BCUT2D eigenvalue weighted by atomic mass is 9.44. The highest BCUT2D eigenvalue weighted by atomic mass is 35.5. The van der Waals surface area contributed by atoms with Gasteiger partial charge in [0.1, 0.15) is 0 Å². The van der Waals surface area contributed by atoms with E-state index >= 15 is 0 Å². The Labute approximate surface area is 128 Å². The first-order valence-corrected chi connectivity index (χ1v) is 8.77. The summed E-state index contributed by atoms with van der Waals surface area (Å²) < 4.78 is 0. The maximum atomic E-state index is 12.7. The number of amides is 1. The van der Waals surface area contributed by atoms with Crippen molar-refractivity contribution in [2.24, 2.45) is 22.7 Å². The molecule has 20 heavy (non-hydrogen) atoms. The molecule has 4 fully saturated rings. The minimum Gasteiger partial charge on any atom is -0.356 e. The summed E-state index contributed by atoms with van der Waals surface area (Å²) in [4.78, 5) is 12.7. The van der Waals surface area contributed by atoms with Crippen LogP contribution in [0.2, 0.25) is 0 Å². The van der Waals surface area contributed by atoms with Crippen LogP contribution in [0.1, 0.15) is 65.2 Å². The summed E-state index contributed by atoms with van der Waals surface area (Å²) in [7, 11) is 0. The van der Waals surface area contributed by atoms with E-state index < -0.39 is 0 Å². The second kappa shape index (κ2) is 5.19. The van der Waals surface area contributed by atoms with Crippen LogP contribution in [-0.4, -0.2) is 17.8 Å². The third-order valence-corrected chi connectivity index (χ3v) is 6.12. The summed E-state index contributed by atoms with van der Waals surface area (Å²) in [5.74, 6) is 1.98. The van der Waals surface area contributed by atoms with Crippen LogP contribution in [0.15, 0.2) is 0 Å². The van der Waals surface area contributed by atoms with Gasteiger partial charge in [-0.25, -0.2) is 0 Å².